The fourth-order valence-corrected chi connectivity index (χ4v) is 3.09. The van der Waals surface area contributed by atoms with Gasteiger partial charge in [-0.05, 0) is 12.8 Å². The van der Waals surface area contributed by atoms with Crippen molar-refractivity contribution < 1.29 is 12.8 Å². The quantitative estimate of drug-likeness (QED) is 0.740. The Morgan fingerprint density at radius 1 is 1.38 bits per heavy atom. The summed E-state index contributed by atoms with van der Waals surface area (Å²) in [7, 11) is -2.83. The average molecular weight is 246 g/mol. The van der Waals surface area contributed by atoms with Crippen molar-refractivity contribution in [2.75, 3.05) is 16.8 Å². The number of aromatic nitrogens is 2. The maximum atomic E-state index is 11.2. The number of nitrogens with zero attached hydrogens (tertiary/aromatic N) is 2. The maximum Gasteiger partial charge on any atom is 0.315 e. The van der Waals surface area contributed by atoms with E-state index in [-0.39, 0.29) is 24.1 Å². The molecule has 16 heavy (non-hydrogen) atoms. The minimum Gasteiger partial charge on any atom is -0.407 e. The highest BCUT2D eigenvalue weighted by Gasteiger charge is 2.24. The topological polar surface area (TPSA) is 111 Å². The van der Waals surface area contributed by atoms with Crippen molar-refractivity contribution in [3.8, 4) is 0 Å². The molecule has 2 rings (SSSR count). The molecule has 0 atom stereocenters. The van der Waals surface area contributed by atoms with Crippen molar-refractivity contribution >= 4 is 15.9 Å². The van der Waals surface area contributed by atoms with Gasteiger partial charge in [-0.1, -0.05) is 5.10 Å². The number of hydrogen-bond donors (Lipinski definition) is 2. The fourth-order valence-electron chi connectivity index (χ4n) is 1.60. The van der Waals surface area contributed by atoms with Gasteiger partial charge in [0, 0.05) is 6.04 Å². The number of nitrogens with two attached hydrogens (primary N) is 1. The molecule has 3 N–H and O–H groups in total. The number of anilines is 1. The lowest BCUT2D eigenvalue weighted by Crippen LogP contribution is -2.32. The van der Waals surface area contributed by atoms with E-state index in [0.717, 1.165) is 0 Å². The summed E-state index contributed by atoms with van der Waals surface area (Å²) in [5, 5.41) is 10.5. The molecule has 0 amide bonds. The van der Waals surface area contributed by atoms with Gasteiger partial charge >= 0.3 is 6.01 Å². The second kappa shape index (κ2) is 4.38. The Kier molecular flexibility index (Phi) is 3.10. The number of nitrogens with one attached hydrogen (secondary N) is 1. The van der Waals surface area contributed by atoms with Crippen LogP contribution in [0.3, 0.4) is 0 Å². The standard InChI is InChI=1S/C8H14N4O3S/c9-5-7-11-12-8(15-7)10-6-1-3-16(13,14)4-2-6/h6H,1-5,9H2,(H,10,12). The first-order chi connectivity index (χ1) is 7.59. The van der Waals surface area contributed by atoms with Crippen molar-refractivity contribution in [3.05, 3.63) is 5.89 Å². The monoisotopic (exact) mass is 246 g/mol. The number of rotatable bonds is 3. The van der Waals surface area contributed by atoms with E-state index in [2.05, 4.69) is 15.5 Å². The van der Waals surface area contributed by atoms with Crippen molar-refractivity contribution in [1.82, 2.24) is 10.2 Å². The van der Waals surface area contributed by atoms with Gasteiger partial charge in [0.25, 0.3) is 0 Å². The minimum absolute atomic E-state index is 0.0783. The predicted octanol–water partition coefficient (Wildman–Crippen LogP) is -0.483. The smallest absolute Gasteiger partial charge is 0.315 e. The Hall–Kier alpha value is -1.15. The zero-order valence-electron chi connectivity index (χ0n) is 8.72. The second-order valence-electron chi connectivity index (χ2n) is 3.78. The van der Waals surface area contributed by atoms with E-state index in [1.54, 1.807) is 0 Å². The molecule has 8 heteroatoms. The van der Waals surface area contributed by atoms with Crippen LogP contribution in [0.4, 0.5) is 6.01 Å². The molecule has 1 aliphatic heterocycles. The third kappa shape index (κ3) is 2.70. The molecule has 1 aromatic heterocycles. The largest absolute Gasteiger partial charge is 0.407 e. The second-order valence-corrected chi connectivity index (χ2v) is 6.08. The van der Waals surface area contributed by atoms with E-state index in [1.807, 2.05) is 0 Å². The zero-order chi connectivity index (χ0) is 11.6. The van der Waals surface area contributed by atoms with Gasteiger partial charge < -0.3 is 15.5 Å². The SMILES string of the molecule is NCc1nnc(NC2CCS(=O)(=O)CC2)o1. The normalized spacial score (nSPS) is 20.8. The van der Waals surface area contributed by atoms with Gasteiger partial charge in [0.05, 0.1) is 18.1 Å². The van der Waals surface area contributed by atoms with Gasteiger partial charge in [0.1, 0.15) is 9.84 Å². The Labute approximate surface area is 93.3 Å². The van der Waals surface area contributed by atoms with E-state index in [4.69, 9.17) is 10.2 Å². The number of sulfone groups is 1. The first-order valence-electron chi connectivity index (χ1n) is 5.08. The lowest BCUT2D eigenvalue weighted by atomic mass is 10.2. The van der Waals surface area contributed by atoms with Crippen LogP contribution in [0, 0.1) is 0 Å². The average Bonchev–Trinajstić information content (AvgIpc) is 2.69. The highest BCUT2D eigenvalue weighted by atomic mass is 32.2. The molecular weight excluding hydrogens is 232 g/mol. The lowest BCUT2D eigenvalue weighted by Gasteiger charge is -2.21. The van der Waals surface area contributed by atoms with Crippen molar-refractivity contribution in [3.63, 3.8) is 0 Å². The predicted molar refractivity (Wildman–Crippen MR) is 57.5 cm³/mol. The molecule has 90 valence electrons. The molecule has 0 bridgehead atoms. The summed E-state index contributed by atoms with van der Waals surface area (Å²) in [6.45, 7) is 0.202. The van der Waals surface area contributed by atoms with Gasteiger partial charge in [-0.2, -0.15) is 0 Å². The summed E-state index contributed by atoms with van der Waals surface area (Å²) in [4.78, 5) is 0. The van der Waals surface area contributed by atoms with Crippen LogP contribution in [-0.4, -0.2) is 36.2 Å². The van der Waals surface area contributed by atoms with Gasteiger partial charge in [-0.25, -0.2) is 8.42 Å². The highest BCUT2D eigenvalue weighted by Crippen LogP contribution is 2.16. The van der Waals surface area contributed by atoms with Gasteiger partial charge in [0.2, 0.25) is 5.89 Å². The first-order valence-corrected chi connectivity index (χ1v) is 6.90. The molecule has 0 radical (unpaired) electrons. The first kappa shape index (κ1) is 11.3. The molecule has 0 unspecified atom stereocenters. The summed E-state index contributed by atoms with van der Waals surface area (Å²) in [5.74, 6) is 0.788. The Morgan fingerprint density at radius 2 is 2.06 bits per heavy atom. The van der Waals surface area contributed by atoms with Crippen LogP contribution in [0.5, 0.6) is 0 Å². The van der Waals surface area contributed by atoms with Crippen molar-refractivity contribution in [1.29, 1.82) is 0 Å². The number of hydrogen-bond acceptors (Lipinski definition) is 7. The molecule has 2 heterocycles. The summed E-state index contributed by atoms with van der Waals surface area (Å²) >= 11 is 0. The summed E-state index contributed by atoms with van der Waals surface area (Å²) in [5.41, 5.74) is 5.33. The molecule has 1 saturated heterocycles. The van der Waals surface area contributed by atoms with E-state index in [9.17, 15) is 8.42 Å². The van der Waals surface area contributed by atoms with Gasteiger partial charge in [-0.15, -0.1) is 5.10 Å². The molecule has 1 aromatic rings. The van der Waals surface area contributed by atoms with Crippen LogP contribution in [0.25, 0.3) is 0 Å². The Balaban J connectivity index is 1.91. The zero-order valence-corrected chi connectivity index (χ0v) is 9.53. The van der Waals surface area contributed by atoms with Gasteiger partial charge in [0.15, 0.2) is 0 Å². The molecule has 0 aromatic carbocycles. The Morgan fingerprint density at radius 3 is 2.62 bits per heavy atom. The third-order valence-electron chi connectivity index (χ3n) is 2.52. The van der Waals surface area contributed by atoms with Crippen LogP contribution >= 0.6 is 0 Å². The van der Waals surface area contributed by atoms with Crippen LogP contribution < -0.4 is 11.1 Å². The summed E-state index contributed by atoms with van der Waals surface area (Å²) in [6.07, 6.45) is 1.14. The molecular formula is C8H14N4O3S. The van der Waals surface area contributed by atoms with E-state index < -0.39 is 9.84 Å². The minimum atomic E-state index is -2.83. The van der Waals surface area contributed by atoms with E-state index in [1.165, 1.54) is 0 Å². The molecule has 0 saturated carbocycles. The summed E-state index contributed by atoms with van der Waals surface area (Å²) < 4.78 is 27.6. The van der Waals surface area contributed by atoms with Crippen molar-refractivity contribution in [2.45, 2.75) is 25.4 Å². The molecule has 0 aliphatic carbocycles. The Bertz CT molecular complexity index is 442. The van der Waals surface area contributed by atoms with Crippen LogP contribution in [0.15, 0.2) is 4.42 Å². The highest BCUT2D eigenvalue weighted by molar-refractivity contribution is 7.91. The molecule has 0 spiro atoms. The van der Waals surface area contributed by atoms with E-state index >= 15 is 0 Å². The third-order valence-corrected chi connectivity index (χ3v) is 4.24. The maximum absolute atomic E-state index is 11.2. The molecule has 7 nitrogen and oxygen atoms in total. The van der Waals surface area contributed by atoms with Crippen molar-refractivity contribution in [2.24, 2.45) is 5.73 Å². The fraction of sp³-hybridized carbons (Fsp3) is 0.750. The lowest BCUT2D eigenvalue weighted by molar-refractivity contribution is 0.492. The summed E-state index contributed by atoms with van der Waals surface area (Å²) in [6, 6.07) is 0.388. The van der Waals surface area contributed by atoms with Gasteiger partial charge in [-0.3, -0.25) is 0 Å². The molecule has 1 fully saturated rings. The van der Waals surface area contributed by atoms with E-state index in [0.29, 0.717) is 24.7 Å². The van der Waals surface area contributed by atoms with Crippen LogP contribution in [0.2, 0.25) is 0 Å². The van der Waals surface area contributed by atoms with Crippen LogP contribution in [-0.2, 0) is 16.4 Å². The van der Waals surface area contributed by atoms with Crippen LogP contribution in [0.1, 0.15) is 18.7 Å². The molecule has 1 aliphatic rings.